The molecule has 0 N–H and O–H groups in total. The number of nitrogens with zero attached hydrogens (tertiary/aromatic N) is 1. The lowest BCUT2D eigenvalue weighted by atomic mass is 10.4. The predicted octanol–water partition coefficient (Wildman–Crippen LogP) is 2.67. The summed E-state index contributed by atoms with van der Waals surface area (Å²) in [6.07, 6.45) is 8.78. The molecule has 2 rings (SSSR count). The molecule has 0 aromatic heterocycles. The van der Waals surface area contributed by atoms with Gasteiger partial charge in [0.05, 0.1) is 4.24 Å². The number of rotatable bonds is 1. The molecule has 0 aliphatic carbocycles. The largest absolute Gasteiger partial charge is 0.323 e. The number of hydrogen-bond acceptors (Lipinski definition) is 3. The molecule has 0 bridgehead atoms. The molecule has 1 unspecified atom stereocenters. The molecule has 0 fully saturated rings. The van der Waals surface area contributed by atoms with E-state index in [0.29, 0.717) is 9.70 Å². The van der Waals surface area contributed by atoms with Crippen LogP contribution < -0.4 is 0 Å². The Hall–Kier alpha value is 0.200. The fourth-order valence-electron chi connectivity index (χ4n) is 0.975. The van der Waals surface area contributed by atoms with Crippen LogP contribution in [0.3, 0.4) is 0 Å². The highest BCUT2D eigenvalue weighted by Gasteiger charge is 2.19. The minimum absolute atomic E-state index is 0.300. The maximum absolute atomic E-state index is 2.29. The molecule has 0 aromatic rings. The van der Waals surface area contributed by atoms with Crippen molar-refractivity contribution >= 4 is 37.1 Å². The van der Waals surface area contributed by atoms with Gasteiger partial charge in [0.1, 0.15) is 0 Å². The van der Waals surface area contributed by atoms with Gasteiger partial charge in [-0.05, 0) is 38.9 Å². The van der Waals surface area contributed by atoms with E-state index in [0.717, 1.165) is 0 Å². The summed E-state index contributed by atoms with van der Waals surface area (Å²) in [7, 11) is 4.40. The molecular formula is C7H9NS3. The highest BCUT2D eigenvalue weighted by molar-refractivity contribution is 8.86. The second-order valence-electron chi connectivity index (χ2n) is 2.26. The van der Waals surface area contributed by atoms with Crippen LogP contribution in [0.4, 0.5) is 0 Å². The lowest BCUT2D eigenvalue weighted by Crippen LogP contribution is -1.94. The maximum atomic E-state index is 2.29. The van der Waals surface area contributed by atoms with Gasteiger partial charge in [-0.3, -0.25) is 0 Å². The van der Waals surface area contributed by atoms with E-state index in [9.17, 15) is 0 Å². The van der Waals surface area contributed by atoms with Crippen LogP contribution in [-0.4, -0.2) is 22.5 Å². The Bertz CT molecular complexity index is 277. The molecule has 2 heterocycles. The SMILES string of the molecule is CSC1=CC2=S(S1)N(C)C=C2. The number of thioether (sulfide) groups is 1. The molecule has 0 aromatic carbocycles. The zero-order chi connectivity index (χ0) is 7.84. The van der Waals surface area contributed by atoms with Gasteiger partial charge in [0.25, 0.3) is 0 Å². The van der Waals surface area contributed by atoms with Crippen LogP contribution in [-0.2, 0) is 0 Å². The third kappa shape index (κ3) is 1.27. The molecule has 0 amide bonds. The average Bonchev–Trinajstić information content (AvgIpc) is 2.53. The Morgan fingerprint density at radius 1 is 1.64 bits per heavy atom. The standard InChI is InChI=1S/C7H9NS3/c1-8-4-3-6-5-7(9-2)10-11(6)8/h3-5H,1-2H3. The van der Waals surface area contributed by atoms with Crippen molar-refractivity contribution in [3.63, 3.8) is 0 Å². The van der Waals surface area contributed by atoms with Crippen molar-refractivity contribution in [2.45, 2.75) is 0 Å². The molecule has 0 saturated heterocycles. The van der Waals surface area contributed by atoms with Crippen molar-refractivity contribution in [3.8, 4) is 0 Å². The minimum atomic E-state index is 0.300. The van der Waals surface area contributed by atoms with Crippen molar-refractivity contribution in [1.82, 2.24) is 4.31 Å². The lowest BCUT2D eigenvalue weighted by molar-refractivity contribution is 0.787. The van der Waals surface area contributed by atoms with Crippen LogP contribution >= 0.6 is 32.3 Å². The Balaban J connectivity index is 2.24. The van der Waals surface area contributed by atoms with Crippen molar-refractivity contribution in [2.24, 2.45) is 0 Å². The minimum Gasteiger partial charge on any atom is -0.323 e. The molecule has 0 radical (unpaired) electrons. The zero-order valence-electron chi connectivity index (χ0n) is 6.40. The van der Waals surface area contributed by atoms with Gasteiger partial charge in [-0.2, -0.15) is 0 Å². The van der Waals surface area contributed by atoms with Gasteiger partial charge in [0.2, 0.25) is 0 Å². The molecule has 1 nitrogen and oxygen atoms in total. The predicted molar refractivity (Wildman–Crippen MR) is 58.7 cm³/mol. The van der Waals surface area contributed by atoms with Crippen molar-refractivity contribution in [2.75, 3.05) is 13.3 Å². The van der Waals surface area contributed by atoms with E-state index >= 15 is 0 Å². The molecule has 1 atom stereocenters. The summed E-state index contributed by atoms with van der Waals surface area (Å²) in [6, 6.07) is 0. The Morgan fingerprint density at radius 2 is 2.45 bits per heavy atom. The summed E-state index contributed by atoms with van der Waals surface area (Å²) in [5.74, 6) is 0. The van der Waals surface area contributed by atoms with E-state index in [2.05, 4.69) is 36.0 Å². The van der Waals surface area contributed by atoms with Crippen LogP contribution in [0.5, 0.6) is 0 Å². The van der Waals surface area contributed by atoms with Gasteiger partial charge in [0.15, 0.2) is 0 Å². The van der Waals surface area contributed by atoms with Crippen LogP contribution in [0, 0.1) is 0 Å². The summed E-state index contributed by atoms with van der Waals surface area (Å²) in [5.41, 5.74) is 0. The quantitative estimate of drug-likeness (QED) is 0.476. The number of hydrogen-bond donors (Lipinski definition) is 0. The molecule has 2 aliphatic rings. The first-order chi connectivity index (χ1) is 5.31. The second-order valence-corrected chi connectivity index (χ2v) is 6.97. The third-order valence-corrected chi connectivity index (χ3v) is 7.16. The van der Waals surface area contributed by atoms with Crippen LogP contribution in [0.25, 0.3) is 0 Å². The normalized spacial score (nSPS) is 27.8. The van der Waals surface area contributed by atoms with Gasteiger partial charge in [-0.15, -0.1) is 11.8 Å². The van der Waals surface area contributed by atoms with E-state index in [1.54, 1.807) is 0 Å². The molecule has 11 heavy (non-hydrogen) atoms. The van der Waals surface area contributed by atoms with Gasteiger partial charge in [-0.1, -0.05) is 0 Å². The fraction of sp³-hybridized carbons (Fsp3) is 0.286. The maximum Gasteiger partial charge on any atom is 0.0531 e. The van der Waals surface area contributed by atoms with Gasteiger partial charge >= 0.3 is 0 Å². The van der Waals surface area contributed by atoms with Crippen LogP contribution in [0.15, 0.2) is 22.6 Å². The zero-order valence-corrected chi connectivity index (χ0v) is 8.85. The Labute approximate surface area is 77.4 Å². The summed E-state index contributed by atoms with van der Waals surface area (Å²) >= 11 is 1.84. The topological polar surface area (TPSA) is 3.24 Å². The van der Waals surface area contributed by atoms with Crippen molar-refractivity contribution in [3.05, 3.63) is 22.6 Å². The van der Waals surface area contributed by atoms with Crippen LogP contribution in [0.1, 0.15) is 0 Å². The summed E-state index contributed by atoms with van der Waals surface area (Å²) in [5, 5.41) is 0. The molecule has 60 valence electrons. The van der Waals surface area contributed by atoms with E-state index < -0.39 is 0 Å². The first-order valence-corrected chi connectivity index (χ1v) is 7.01. The van der Waals surface area contributed by atoms with Gasteiger partial charge in [-0.25, -0.2) is 0 Å². The molecule has 0 spiro atoms. The van der Waals surface area contributed by atoms with Gasteiger partial charge < -0.3 is 4.31 Å². The second kappa shape index (κ2) is 2.92. The van der Waals surface area contributed by atoms with Crippen molar-refractivity contribution < 1.29 is 0 Å². The van der Waals surface area contributed by atoms with E-state index in [-0.39, 0.29) is 0 Å². The average molecular weight is 203 g/mol. The van der Waals surface area contributed by atoms with Crippen molar-refractivity contribution in [1.29, 1.82) is 0 Å². The van der Waals surface area contributed by atoms with E-state index in [1.165, 1.54) is 9.10 Å². The molecule has 2 aliphatic heterocycles. The third-order valence-electron chi connectivity index (χ3n) is 1.53. The smallest absolute Gasteiger partial charge is 0.0531 e. The monoisotopic (exact) mass is 203 g/mol. The Morgan fingerprint density at radius 3 is 3.09 bits per heavy atom. The lowest BCUT2D eigenvalue weighted by Gasteiger charge is -2.12. The first kappa shape index (κ1) is 7.83. The summed E-state index contributed by atoms with van der Waals surface area (Å²) in [4.78, 5) is 1.47. The molecule has 4 heteroatoms. The molecule has 0 saturated carbocycles. The fourth-order valence-corrected chi connectivity index (χ4v) is 5.99. The highest BCUT2D eigenvalue weighted by atomic mass is 33.1. The first-order valence-electron chi connectivity index (χ1n) is 3.27. The Kier molecular flexibility index (Phi) is 2.08. The van der Waals surface area contributed by atoms with Gasteiger partial charge in [0, 0.05) is 18.1 Å². The summed E-state index contributed by atoms with van der Waals surface area (Å²) in [6.45, 7) is 0. The summed E-state index contributed by atoms with van der Waals surface area (Å²) < 4.78 is 3.72. The van der Waals surface area contributed by atoms with E-state index in [4.69, 9.17) is 0 Å². The number of allylic oxidation sites excluding steroid dienone is 2. The van der Waals surface area contributed by atoms with E-state index in [1.807, 2.05) is 22.6 Å². The van der Waals surface area contributed by atoms with Crippen LogP contribution in [0.2, 0.25) is 0 Å². The molecular weight excluding hydrogens is 194 g/mol. The highest BCUT2D eigenvalue weighted by Crippen LogP contribution is 2.51.